The predicted octanol–water partition coefficient (Wildman–Crippen LogP) is 1.27. The lowest BCUT2D eigenvalue weighted by Crippen LogP contribution is -1.99. The molecule has 0 unspecified atom stereocenters. The molecule has 0 saturated heterocycles. The SMILES string of the molecule is CCCOCCc1cn(CC)nn1. The zero-order valence-electron chi connectivity index (χ0n) is 8.36. The monoisotopic (exact) mass is 183 g/mol. The van der Waals surface area contributed by atoms with Gasteiger partial charge in [0.2, 0.25) is 0 Å². The molecule has 0 aliphatic carbocycles. The summed E-state index contributed by atoms with van der Waals surface area (Å²) in [7, 11) is 0. The first-order valence-electron chi connectivity index (χ1n) is 4.83. The van der Waals surface area contributed by atoms with Gasteiger partial charge in [0.05, 0.1) is 12.3 Å². The van der Waals surface area contributed by atoms with E-state index < -0.39 is 0 Å². The van der Waals surface area contributed by atoms with Crippen LogP contribution >= 0.6 is 0 Å². The minimum atomic E-state index is 0.746. The van der Waals surface area contributed by atoms with Crippen molar-refractivity contribution in [2.75, 3.05) is 13.2 Å². The van der Waals surface area contributed by atoms with Crippen LogP contribution in [0.3, 0.4) is 0 Å². The molecule has 0 atom stereocenters. The van der Waals surface area contributed by atoms with Crippen LogP contribution in [-0.2, 0) is 17.7 Å². The van der Waals surface area contributed by atoms with Crippen molar-refractivity contribution in [2.45, 2.75) is 33.2 Å². The van der Waals surface area contributed by atoms with E-state index >= 15 is 0 Å². The minimum Gasteiger partial charge on any atom is -0.381 e. The maximum Gasteiger partial charge on any atom is 0.0850 e. The van der Waals surface area contributed by atoms with E-state index in [-0.39, 0.29) is 0 Å². The van der Waals surface area contributed by atoms with Gasteiger partial charge in [0.15, 0.2) is 0 Å². The van der Waals surface area contributed by atoms with Crippen LogP contribution in [0.15, 0.2) is 6.20 Å². The molecule has 1 aromatic heterocycles. The van der Waals surface area contributed by atoms with Gasteiger partial charge in [-0.3, -0.25) is 4.68 Å². The molecule has 0 fully saturated rings. The molecule has 0 aromatic carbocycles. The number of aryl methyl sites for hydroxylation is 1. The fourth-order valence-electron chi connectivity index (χ4n) is 1.03. The van der Waals surface area contributed by atoms with E-state index in [1.165, 1.54) is 0 Å². The van der Waals surface area contributed by atoms with Crippen LogP contribution in [0, 0.1) is 0 Å². The molecule has 4 nitrogen and oxygen atoms in total. The van der Waals surface area contributed by atoms with Crippen molar-refractivity contribution in [3.8, 4) is 0 Å². The highest BCUT2D eigenvalue weighted by Crippen LogP contribution is 1.95. The molecule has 0 spiro atoms. The van der Waals surface area contributed by atoms with Crippen LogP contribution in [0.2, 0.25) is 0 Å². The molecule has 0 bridgehead atoms. The third-order valence-electron chi connectivity index (χ3n) is 1.76. The third-order valence-corrected chi connectivity index (χ3v) is 1.76. The van der Waals surface area contributed by atoms with Crippen LogP contribution in [0.1, 0.15) is 26.0 Å². The summed E-state index contributed by atoms with van der Waals surface area (Å²) >= 11 is 0. The molecule has 13 heavy (non-hydrogen) atoms. The first-order chi connectivity index (χ1) is 6.36. The fraction of sp³-hybridized carbons (Fsp3) is 0.778. The Morgan fingerprint density at radius 2 is 2.23 bits per heavy atom. The van der Waals surface area contributed by atoms with Crippen LogP contribution in [-0.4, -0.2) is 28.2 Å². The van der Waals surface area contributed by atoms with Gasteiger partial charge in [-0.1, -0.05) is 12.1 Å². The van der Waals surface area contributed by atoms with Gasteiger partial charge in [0.25, 0.3) is 0 Å². The molecule has 0 radical (unpaired) electrons. The summed E-state index contributed by atoms with van der Waals surface area (Å²) in [6.45, 7) is 6.61. The average Bonchev–Trinajstić information content (AvgIpc) is 2.60. The summed E-state index contributed by atoms with van der Waals surface area (Å²) in [6, 6.07) is 0. The van der Waals surface area contributed by atoms with Crippen LogP contribution in [0.25, 0.3) is 0 Å². The lowest BCUT2D eigenvalue weighted by molar-refractivity contribution is 0.137. The highest BCUT2D eigenvalue weighted by atomic mass is 16.5. The Morgan fingerprint density at radius 3 is 2.85 bits per heavy atom. The van der Waals surface area contributed by atoms with Crippen LogP contribution in [0.4, 0.5) is 0 Å². The largest absolute Gasteiger partial charge is 0.381 e. The van der Waals surface area contributed by atoms with Gasteiger partial charge in [0.1, 0.15) is 0 Å². The van der Waals surface area contributed by atoms with Gasteiger partial charge in [-0.25, -0.2) is 0 Å². The molecular weight excluding hydrogens is 166 g/mol. The Balaban J connectivity index is 2.20. The molecule has 0 aliphatic heterocycles. The summed E-state index contributed by atoms with van der Waals surface area (Å²) in [5.41, 5.74) is 1.01. The van der Waals surface area contributed by atoms with Crippen molar-refractivity contribution in [1.29, 1.82) is 0 Å². The zero-order chi connectivity index (χ0) is 9.52. The third kappa shape index (κ3) is 3.55. The Kier molecular flexibility index (Phi) is 4.46. The van der Waals surface area contributed by atoms with Crippen molar-refractivity contribution in [3.63, 3.8) is 0 Å². The quantitative estimate of drug-likeness (QED) is 0.623. The van der Waals surface area contributed by atoms with Gasteiger partial charge < -0.3 is 4.74 Å². The smallest absolute Gasteiger partial charge is 0.0850 e. The first-order valence-corrected chi connectivity index (χ1v) is 4.83. The predicted molar refractivity (Wildman–Crippen MR) is 50.5 cm³/mol. The molecule has 1 heterocycles. The maximum absolute atomic E-state index is 5.35. The Hall–Kier alpha value is -0.900. The van der Waals surface area contributed by atoms with Crippen molar-refractivity contribution in [2.24, 2.45) is 0 Å². The highest BCUT2D eigenvalue weighted by molar-refractivity contribution is 4.91. The Morgan fingerprint density at radius 1 is 1.38 bits per heavy atom. The molecule has 1 rings (SSSR count). The minimum absolute atomic E-state index is 0.746. The van der Waals surface area contributed by atoms with Crippen LogP contribution in [0.5, 0.6) is 0 Å². The summed E-state index contributed by atoms with van der Waals surface area (Å²) in [5.74, 6) is 0. The number of hydrogen-bond acceptors (Lipinski definition) is 3. The van der Waals surface area contributed by atoms with Gasteiger partial charge in [-0.05, 0) is 13.3 Å². The van der Waals surface area contributed by atoms with Crippen molar-refractivity contribution < 1.29 is 4.74 Å². The Bertz CT molecular complexity index is 235. The second-order valence-corrected chi connectivity index (χ2v) is 2.93. The van der Waals surface area contributed by atoms with Crippen molar-refractivity contribution >= 4 is 0 Å². The van der Waals surface area contributed by atoms with E-state index in [0.717, 1.165) is 38.3 Å². The Labute approximate surface area is 78.9 Å². The number of ether oxygens (including phenoxy) is 1. The second kappa shape index (κ2) is 5.70. The van der Waals surface area contributed by atoms with E-state index in [2.05, 4.69) is 17.2 Å². The van der Waals surface area contributed by atoms with E-state index in [9.17, 15) is 0 Å². The van der Waals surface area contributed by atoms with Gasteiger partial charge in [0, 0.05) is 25.8 Å². The van der Waals surface area contributed by atoms with Crippen molar-refractivity contribution in [1.82, 2.24) is 15.0 Å². The molecule has 4 heteroatoms. The zero-order valence-corrected chi connectivity index (χ0v) is 8.36. The molecular formula is C9H17N3O. The number of nitrogens with zero attached hydrogens (tertiary/aromatic N) is 3. The lowest BCUT2D eigenvalue weighted by atomic mass is 10.3. The number of hydrogen-bond donors (Lipinski definition) is 0. The molecule has 0 aliphatic rings. The van der Waals surface area contributed by atoms with Gasteiger partial charge >= 0.3 is 0 Å². The summed E-state index contributed by atoms with van der Waals surface area (Å²) in [5, 5.41) is 7.96. The summed E-state index contributed by atoms with van der Waals surface area (Å²) in [6.07, 6.45) is 3.90. The first kappa shape index (κ1) is 10.2. The van der Waals surface area contributed by atoms with E-state index in [0.29, 0.717) is 0 Å². The number of aromatic nitrogens is 3. The maximum atomic E-state index is 5.35. The second-order valence-electron chi connectivity index (χ2n) is 2.93. The normalized spacial score (nSPS) is 10.6. The summed E-state index contributed by atoms with van der Waals surface area (Å²) < 4.78 is 7.18. The van der Waals surface area contributed by atoms with Gasteiger partial charge in [-0.2, -0.15) is 0 Å². The molecule has 1 aromatic rings. The molecule has 74 valence electrons. The topological polar surface area (TPSA) is 39.9 Å². The number of rotatable bonds is 6. The molecule has 0 amide bonds. The van der Waals surface area contributed by atoms with E-state index in [1.54, 1.807) is 0 Å². The molecule has 0 N–H and O–H groups in total. The standard InChI is InChI=1S/C9H17N3O/c1-3-6-13-7-5-9-8-12(4-2)11-10-9/h8H,3-7H2,1-2H3. The fourth-order valence-corrected chi connectivity index (χ4v) is 1.03. The van der Waals surface area contributed by atoms with E-state index in [4.69, 9.17) is 4.74 Å². The lowest BCUT2D eigenvalue weighted by Gasteiger charge is -1.98. The van der Waals surface area contributed by atoms with Crippen LogP contribution < -0.4 is 0 Å². The average molecular weight is 183 g/mol. The van der Waals surface area contributed by atoms with Crippen molar-refractivity contribution in [3.05, 3.63) is 11.9 Å². The van der Waals surface area contributed by atoms with Gasteiger partial charge in [-0.15, -0.1) is 5.10 Å². The van der Waals surface area contributed by atoms with E-state index in [1.807, 2.05) is 17.8 Å². The molecule has 0 saturated carbocycles. The highest BCUT2D eigenvalue weighted by Gasteiger charge is 1.98. The summed E-state index contributed by atoms with van der Waals surface area (Å²) in [4.78, 5) is 0.